The second kappa shape index (κ2) is 10.8. The first-order valence-electron chi connectivity index (χ1n) is 10.2. The van der Waals surface area contributed by atoms with Gasteiger partial charge in [-0.3, -0.25) is 4.79 Å². The summed E-state index contributed by atoms with van der Waals surface area (Å²) in [5.74, 6) is 0.762. The van der Waals surface area contributed by atoms with E-state index in [9.17, 15) is 4.79 Å². The molecule has 0 radical (unpaired) electrons. The summed E-state index contributed by atoms with van der Waals surface area (Å²) >= 11 is 7.20. The van der Waals surface area contributed by atoms with Crippen molar-refractivity contribution in [1.82, 2.24) is 5.32 Å². The van der Waals surface area contributed by atoms with Gasteiger partial charge in [0.05, 0.1) is 8.48 Å². The second-order valence-corrected chi connectivity index (χ2v) is 10.5. The van der Waals surface area contributed by atoms with Crippen molar-refractivity contribution in [2.45, 2.75) is 25.4 Å². The number of nitrogens with one attached hydrogen (secondary N) is 2. The van der Waals surface area contributed by atoms with E-state index in [1.807, 2.05) is 60.7 Å². The quantitative estimate of drug-likeness (QED) is 0.225. The van der Waals surface area contributed by atoms with Crippen LogP contribution in [-0.2, 0) is 17.8 Å². The fourth-order valence-electron chi connectivity index (χ4n) is 3.17. The first-order valence-corrected chi connectivity index (χ1v) is 13.0. The van der Waals surface area contributed by atoms with Crippen molar-refractivity contribution in [1.29, 1.82) is 0 Å². The highest BCUT2D eigenvalue weighted by Crippen LogP contribution is 2.31. The van der Waals surface area contributed by atoms with Crippen molar-refractivity contribution in [2.75, 3.05) is 5.32 Å². The summed E-state index contributed by atoms with van der Waals surface area (Å²) in [5.41, 5.74) is 4.17. The average molecular weight is 621 g/mol. The smallest absolute Gasteiger partial charge is 0.260 e. The lowest BCUT2D eigenvalue weighted by atomic mass is 10.1. The topological polar surface area (TPSA) is 50.4 Å². The number of hydrogen-bond acceptors (Lipinski definition) is 4. The van der Waals surface area contributed by atoms with E-state index < -0.39 is 0 Å². The Balaban J connectivity index is 1.38. The molecule has 1 saturated heterocycles. The first-order chi connectivity index (χ1) is 15.5. The first kappa shape index (κ1) is 23.2. The number of benzene rings is 3. The average Bonchev–Trinajstić information content (AvgIpc) is 3.13. The number of carbonyl (C=O) groups excluding carboxylic acids is 1. The molecule has 0 spiro atoms. The molecule has 1 aliphatic heterocycles. The van der Waals surface area contributed by atoms with Crippen LogP contribution in [0.2, 0.25) is 0 Å². The van der Waals surface area contributed by atoms with Gasteiger partial charge in [-0.1, -0.05) is 64.9 Å². The van der Waals surface area contributed by atoms with E-state index in [0.717, 1.165) is 37.0 Å². The maximum absolute atomic E-state index is 12.4. The van der Waals surface area contributed by atoms with Crippen molar-refractivity contribution in [3.05, 3.63) is 96.4 Å². The summed E-state index contributed by atoms with van der Waals surface area (Å²) in [6.45, 7) is 2.64. The van der Waals surface area contributed by atoms with Crippen LogP contribution in [0.3, 0.4) is 0 Å². The third-order valence-electron chi connectivity index (χ3n) is 4.95. The molecule has 3 aromatic rings. The Labute approximate surface area is 214 Å². The summed E-state index contributed by atoms with van der Waals surface area (Å²) in [7, 11) is 0. The molecule has 0 saturated carbocycles. The molecule has 4 nitrogen and oxygen atoms in total. The zero-order valence-corrected chi connectivity index (χ0v) is 22.0. The molecule has 1 fully saturated rings. The Bertz CT molecular complexity index is 1130. The number of thioether (sulfide) groups is 1. The van der Waals surface area contributed by atoms with Gasteiger partial charge in [0.2, 0.25) is 0 Å². The van der Waals surface area contributed by atoms with Crippen LogP contribution in [0.4, 0.5) is 5.69 Å². The van der Waals surface area contributed by atoms with E-state index in [0.29, 0.717) is 11.5 Å². The predicted molar refractivity (Wildman–Crippen MR) is 145 cm³/mol. The molecule has 1 aliphatic rings. The van der Waals surface area contributed by atoms with Gasteiger partial charge in [-0.15, -0.1) is 0 Å². The number of anilines is 1. The molecule has 2 N–H and O–H groups in total. The number of hydrogen-bond donors (Lipinski definition) is 2. The second-order valence-electron chi connectivity index (χ2n) is 7.28. The largest absolute Gasteiger partial charge is 0.488 e. The summed E-state index contributed by atoms with van der Waals surface area (Å²) < 4.78 is 8.02. The monoisotopic (exact) mass is 620 g/mol. The summed E-state index contributed by atoms with van der Waals surface area (Å²) in [6.07, 6.45) is 2.93. The Hall–Kier alpha value is -1.97. The molecule has 4 rings (SSSR count). The Morgan fingerprint density at radius 1 is 1.09 bits per heavy atom. The minimum Gasteiger partial charge on any atom is -0.488 e. The molecule has 0 bridgehead atoms. The van der Waals surface area contributed by atoms with E-state index in [1.54, 1.807) is 0 Å². The highest BCUT2D eigenvalue weighted by molar-refractivity contribution is 14.1. The number of amides is 1. The molecule has 1 atom stereocenters. The Morgan fingerprint density at radius 3 is 2.50 bits per heavy atom. The summed E-state index contributed by atoms with van der Waals surface area (Å²) in [4.78, 5) is 13.1. The Morgan fingerprint density at radius 2 is 1.81 bits per heavy atom. The normalized spacial score (nSPS) is 16.8. The lowest BCUT2D eigenvalue weighted by Crippen LogP contribution is -2.30. The van der Waals surface area contributed by atoms with Gasteiger partial charge in [0.25, 0.3) is 5.91 Å². The van der Waals surface area contributed by atoms with Crippen LogP contribution in [0.1, 0.15) is 23.6 Å². The fourth-order valence-corrected chi connectivity index (χ4v) is 5.11. The van der Waals surface area contributed by atoms with Gasteiger partial charge in [0, 0.05) is 10.2 Å². The number of rotatable bonds is 7. The third-order valence-corrected chi connectivity index (χ3v) is 7.35. The molecule has 1 heterocycles. The molecule has 1 amide bonds. The summed E-state index contributed by atoms with van der Waals surface area (Å²) in [5, 5.41) is 6.34. The third kappa shape index (κ3) is 6.08. The van der Waals surface area contributed by atoms with Crippen molar-refractivity contribution in [3.8, 4) is 5.75 Å². The standard InChI is InChI=1S/C25H22BrIN2O2S/c1-2-16-5-10-20(11-6-16)28-25-29-24(30)23(32-25)14-18-7-12-22(21(27)13-18)31-15-17-3-8-19(26)9-4-17/h3-14,25,28H,2,15H2,1H3,(H,29,30)/b23-14-/t25-/m1/s1. The zero-order valence-electron chi connectivity index (χ0n) is 17.4. The van der Waals surface area contributed by atoms with Gasteiger partial charge in [-0.25, -0.2) is 0 Å². The van der Waals surface area contributed by atoms with Crippen LogP contribution >= 0.6 is 50.3 Å². The number of aryl methyl sites for hydroxylation is 1. The van der Waals surface area contributed by atoms with Gasteiger partial charge in [-0.2, -0.15) is 0 Å². The van der Waals surface area contributed by atoms with Crippen molar-refractivity contribution in [2.24, 2.45) is 0 Å². The summed E-state index contributed by atoms with van der Waals surface area (Å²) in [6, 6.07) is 22.3. The highest BCUT2D eigenvalue weighted by atomic mass is 127. The van der Waals surface area contributed by atoms with Gasteiger partial charge in [-0.05, 0) is 88.2 Å². The fraction of sp³-hybridized carbons (Fsp3) is 0.160. The number of carbonyl (C=O) groups is 1. The van der Waals surface area contributed by atoms with Crippen LogP contribution < -0.4 is 15.4 Å². The molecular weight excluding hydrogens is 599 g/mol. The molecule has 0 aliphatic carbocycles. The molecule has 32 heavy (non-hydrogen) atoms. The van der Waals surface area contributed by atoms with Crippen LogP contribution in [0, 0.1) is 3.57 Å². The van der Waals surface area contributed by atoms with Crippen LogP contribution in [0.25, 0.3) is 6.08 Å². The van der Waals surface area contributed by atoms with Gasteiger partial charge in [0.15, 0.2) is 5.50 Å². The predicted octanol–water partition coefficient (Wildman–Crippen LogP) is 6.79. The Kier molecular flexibility index (Phi) is 7.80. The molecule has 164 valence electrons. The molecule has 0 unspecified atom stereocenters. The van der Waals surface area contributed by atoms with Gasteiger partial charge in [0.1, 0.15) is 12.4 Å². The van der Waals surface area contributed by atoms with Crippen LogP contribution in [0.5, 0.6) is 5.75 Å². The van der Waals surface area contributed by atoms with E-state index >= 15 is 0 Å². The lowest BCUT2D eigenvalue weighted by molar-refractivity contribution is -0.116. The van der Waals surface area contributed by atoms with E-state index in [1.165, 1.54) is 17.3 Å². The van der Waals surface area contributed by atoms with Crippen LogP contribution in [-0.4, -0.2) is 11.4 Å². The number of ether oxygens (including phenoxy) is 1. The molecule has 7 heteroatoms. The maximum atomic E-state index is 12.4. The maximum Gasteiger partial charge on any atom is 0.260 e. The van der Waals surface area contributed by atoms with Gasteiger partial charge >= 0.3 is 0 Å². The minimum atomic E-state index is -0.186. The van der Waals surface area contributed by atoms with E-state index in [4.69, 9.17) is 4.74 Å². The lowest BCUT2D eigenvalue weighted by Gasteiger charge is -2.12. The van der Waals surface area contributed by atoms with Crippen molar-refractivity contribution >= 4 is 68.0 Å². The van der Waals surface area contributed by atoms with E-state index in [-0.39, 0.29) is 11.4 Å². The molecular formula is C25H22BrIN2O2S. The van der Waals surface area contributed by atoms with E-state index in [2.05, 4.69) is 68.2 Å². The van der Waals surface area contributed by atoms with Crippen molar-refractivity contribution < 1.29 is 9.53 Å². The van der Waals surface area contributed by atoms with Crippen molar-refractivity contribution in [3.63, 3.8) is 0 Å². The SMILES string of the molecule is CCc1ccc(N[C@@H]2NC(=O)/C(=C/c3ccc(OCc4ccc(Br)cc4)c(I)c3)S2)cc1. The minimum absolute atomic E-state index is 0.0664. The van der Waals surface area contributed by atoms with Crippen LogP contribution in [0.15, 0.2) is 76.1 Å². The molecule has 3 aromatic carbocycles. The van der Waals surface area contributed by atoms with Gasteiger partial charge < -0.3 is 15.4 Å². The molecule has 0 aromatic heterocycles. The highest BCUT2D eigenvalue weighted by Gasteiger charge is 2.27. The number of halogens is 2. The zero-order chi connectivity index (χ0) is 22.5.